The molecule has 0 atom stereocenters. The maximum atomic E-state index is 4.62. The Hall–Kier alpha value is -1.53. The van der Waals surface area contributed by atoms with Gasteiger partial charge < -0.3 is 10.6 Å². The van der Waals surface area contributed by atoms with Crippen molar-refractivity contribution in [3.63, 3.8) is 0 Å². The van der Waals surface area contributed by atoms with E-state index in [2.05, 4.69) is 51.8 Å². The zero-order valence-corrected chi connectivity index (χ0v) is 14.6. The van der Waals surface area contributed by atoms with Gasteiger partial charge in [0.05, 0.1) is 17.7 Å². The molecule has 0 fully saturated rings. The van der Waals surface area contributed by atoms with Crippen molar-refractivity contribution in [3.05, 3.63) is 46.4 Å². The third-order valence-electron chi connectivity index (χ3n) is 2.98. The van der Waals surface area contributed by atoms with Crippen LogP contribution >= 0.6 is 23.1 Å². The molecular weight excluding hydrogens is 312 g/mol. The van der Waals surface area contributed by atoms with Gasteiger partial charge in [-0.05, 0) is 26.0 Å². The zero-order chi connectivity index (χ0) is 15.6. The fourth-order valence-electron chi connectivity index (χ4n) is 1.83. The first-order chi connectivity index (χ1) is 10.8. The molecule has 0 aliphatic heterocycles. The predicted octanol–water partition coefficient (Wildman–Crippen LogP) is 3.30. The molecule has 0 aliphatic carbocycles. The van der Waals surface area contributed by atoms with Crippen molar-refractivity contribution in [1.29, 1.82) is 0 Å². The summed E-state index contributed by atoms with van der Waals surface area (Å²) in [6.45, 7) is 6.52. The highest BCUT2D eigenvalue weighted by atomic mass is 32.2. The van der Waals surface area contributed by atoms with Gasteiger partial charge in [0.1, 0.15) is 0 Å². The SMILES string of the molecule is CCNC(=NCc1scnc1C)NCCSc1ccccc1. The number of rotatable bonds is 7. The molecule has 2 rings (SSSR count). The van der Waals surface area contributed by atoms with Crippen molar-refractivity contribution < 1.29 is 0 Å². The highest BCUT2D eigenvalue weighted by Crippen LogP contribution is 2.16. The summed E-state index contributed by atoms with van der Waals surface area (Å²) in [5.74, 6) is 1.87. The van der Waals surface area contributed by atoms with Crippen molar-refractivity contribution in [2.45, 2.75) is 25.3 Å². The lowest BCUT2D eigenvalue weighted by Gasteiger charge is -2.11. The van der Waals surface area contributed by atoms with Crippen LogP contribution in [0.25, 0.3) is 0 Å². The quantitative estimate of drug-likeness (QED) is 0.353. The lowest BCUT2D eigenvalue weighted by molar-refractivity contribution is 0.843. The maximum Gasteiger partial charge on any atom is 0.191 e. The second kappa shape index (κ2) is 9.48. The Bertz CT molecular complexity index is 581. The number of guanidine groups is 1. The van der Waals surface area contributed by atoms with E-state index in [0.29, 0.717) is 6.54 Å². The maximum absolute atomic E-state index is 4.62. The van der Waals surface area contributed by atoms with Crippen LogP contribution in [0.4, 0.5) is 0 Å². The fourth-order valence-corrected chi connectivity index (χ4v) is 3.32. The number of aromatic nitrogens is 1. The summed E-state index contributed by atoms with van der Waals surface area (Å²) in [5, 5.41) is 6.65. The van der Waals surface area contributed by atoms with Crippen molar-refractivity contribution >= 4 is 29.1 Å². The lowest BCUT2D eigenvalue weighted by atomic mass is 10.4. The number of thioether (sulfide) groups is 1. The number of hydrogen-bond donors (Lipinski definition) is 2. The molecular formula is C16H22N4S2. The Kier molecular flexibility index (Phi) is 7.25. The van der Waals surface area contributed by atoms with Crippen LogP contribution < -0.4 is 10.6 Å². The Morgan fingerprint density at radius 2 is 2.09 bits per heavy atom. The second-order valence-electron chi connectivity index (χ2n) is 4.64. The summed E-state index contributed by atoms with van der Waals surface area (Å²) in [6.07, 6.45) is 0. The summed E-state index contributed by atoms with van der Waals surface area (Å²) < 4.78 is 0. The van der Waals surface area contributed by atoms with Crippen LogP contribution in [0.15, 0.2) is 45.7 Å². The highest BCUT2D eigenvalue weighted by molar-refractivity contribution is 7.99. The van der Waals surface area contributed by atoms with Crippen LogP contribution in [0, 0.1) is 6.92 Å². The molecule has 0 unspecified atom stereocenters. The van der Waals surface area contributed by atoms with Crippen LogP contribution in [0.3, 0.4) is 0 Å². The number of nitrogens with zero attached hydrogens (tertiary/aromatic N) is 2. The monoisotopic (exact) mass is 334 g/mol. The minimum absolute atomic E-state index is 0.678. The van der Waals surface area contributed by atoms with E-state index in [1.165, 1.54) is 9.77 Å². The van der Waals surface area contributed by atoms with Gasteiger partial charge in [-0.2, -0.15) is 0 Å². The Balaban J connectivity index is 1.77. The van der Waals surface area contributed by atoms with Gasteiger partial charge >= 0.3 is 0 Å². The third-order valence-corrected chi connectivity index (χ3v) is 4.91. The molecule has 22 heavy (non-hydrogen) atoms. The first-order valence-electron chi connectivity index (χ1n) is 7.38. The van der Waals surface area contributed by atoms with E-state index in [1.807, 2.05) is 30.3 Å². The van der Waals surface area contributed by atoms with Gasteiger partial charge in [-0.15, -0.1) is 23.1 Å². The number of nitrogens with one attached hydrogen (secondary N) is 2. The Morgan fingerprint density at radius 3 is 2.77 bits per heavy atom. The van der Waals surface area contributed by atoms with Crippen LogP contribution in [0.2, 0.25) is 0 Å². The molecule has 0 saturated carbocycles. The van der Waals surface area contributed by atoms with E-state index in [4.69, 9.17) is 0 Å². The minimum atomic E-state index is 0.678. The average Bonchev–Trinajstić information content (AvgIpc) is 2.95. The number of thiazole rings is 1. The molecule has 0 radical (unpaired) electrons. The third kappa shape index (κ3) is 5.69. The van der Waals surface area contributed by atoms with E-state index < -0.39 is 0 Å². The summed E-state index contributed by atoms with van der Waals surface area (Å²) >= 11 is 3.50. The van der Waals surface area contributed by atoms with Crippen molar-refractivity contribution in [2.75, 3.05) is 18.8 Å². The Morgan fingerprint density at radius 1 is 1.27 bits per heavy atom. The molecule has 2 N–H and O–H groups in total. The number of aliphatic imine (C=N–C) groups is 1. The number of aryl methyl sites for hydroxylation is 1. The molecule has 0 saturated heterocycles. The molecule has 0 amide bonds. The highest BCUT2D eigenvalue weighted by Gasteiger charge is 2.02. The molecule has 6 heteroatoms. The molecule has 1 heterocycles. The molecule has 1 aromatic heterocycles. The number of benzene rings is 1. The summed E-state index contributed by atoms with van der Waals surface area (Å²) in [7, 11) is 0. The van der Waals surface area contributed by atoms with Gasteiger partial charge in [0.2, 0.25) is 0 Å². The standard InChI is InChI=1S/C16H22N4S2/c1-3-17-16(19-11-15-13(2)20-12-22-15)18-9-10-21-14-7-5-4-6-8-14/h4-8,12H,3,9-11H2,1-2H3,(H2,17,18,19). The van der Waals surface area contributed by atoms with Crippen LogP contribution in [-0.4, -0.2) is 29.8 Å². The largest absolute Gasteiger partial charge is 0.357 e. The molecule has 0 spiro atoms. The number of hydrogen-bond acceptors (Lipinski definition) is 4. The topological polar surface area (TPSA) is 49.3 Å². The summed E-state index contributed by atoms with van der Waals surface area (Å²) in [4.78, 5) is 11.4. The van der Waals surface area contributed by atoms with Gasteiger partial charge in [0, 0.05) is 28.6 Å². The molecule has 0 bridgehead atoms. The molecule has 2 aromatic rings. The van der Waals surface area contributed by atoms with Crippen molar-refractivity contribution in [2.24, 2.45) is 4.99 Å². The van der Waals surface area contributed by atoms with Crippen LogP contribution in [-0.2, 0) is 6.54 Å². The smallest absolute Gasteiger partial charge is 0.191 e. The normalized spacial score (nSPS) is 11.5. The molecule has 118 valence electrons. The van der Waals surface area contributed by atoms with Gasteiger partial charge in [-0.25, -0.2) is 9.98 Å². The van der Waals surface area contributed by atoms with Gasteiger partial charge in [0.25, 0.3) is 0 Å². The predicted molar refractivity (Wildman–Crippen MR) is 96.8 cm³/mol. The van der Waals surface area contributed by atoms with E-state index in [9.17, 15) is 0 Å². The van der Waals surface area contributed by atoms with E-state index in [0.717, 1.165) is 30.5 Å². The van der Waals surface area contributed by atoms with Gasteiger partial charge in [0.15, 0.2) is 5.96 Å². The molecule has 0 aliphatic rings. The van der Waals surface area contributed by atoms with E-state index >= 15 is 0 Å². The lowest BCUT2D eigenvalue weighted by Crippen LogP contribution is -2.38. The first kappa shape index (κ1) is 16.8. The summed E-state index contributed by atoms with van der Waals surface area (Å²) in [5.41, 5.74) is 2.95. The van der Waals surface area contributed by atoms with Crippen molar-refractivity contribution in [1.82, 2.24) is 15.6 Å². The second-order valence-corrected chi connectivity index (χ2v) is 6.75. The minimum Gasteiger partial charge on any atom is -0.357 e. The zero-order valence-electron chi connectivity index (χ0n) is 13.0. The fraction of sp³-hybridized carbons (Fsp3) is 0.375. The van der Waals surface area contributed by atoms with E-state index in [1.54, 1.807) is 11.3 Å². The average molecular weight is 335 g/mol. The molecule has 1 aromatic carbocycles. The van der Waals surface area contributed by atoms with Crippen LogP contribution in [0.1, 0.15) is 17.5 Å². The van der Waals surface area contributed by atoms with Gasteiger partial charge in [-0.1, -0.05) is 18.2 Å². The van der Waals surface area contributed by atoms with Gasteiger partial charge in [-0.3, -0.25) is 0 Å². The van der Waals surface area contributed by atoms with Crippen molar-refractivity contribution in [3.8, 4) is 0 Å². The summed E-state index contributed by atoms with van der Waals surface area (Å²) in [6, 6.07) is 10.4. The van der Waals surface area contributed by atoms with Crippen LogP contribution in [0.5, 0.6) is 0 Å². The molecule has 4 nitrogen and oxygen atoms in total. The Labute approximate surface area is 140 Å². The first-order valence-corrected chi connectivity index (χ1v) is 9.25. The van der Waals surface area contributed by atoms with E-state index in [-0.39, 0.29) is 0 Å².